The summed E-state index contributed by atoms with van der Waals surface area (Å²) in [6.07, 6.45) is 0. The number of hydrogen-bond acceptors (Lipinski definition) is 5. The summed E-state index contributed by atoms with van der Waals surface area (Å²) in [5.74, 6) is -0.354. The Hall–Kier alpha value is -3.29. The van der Waals surface area contributed by atoms with Crippen LogP contribution in [0.15, 0.2) is 33.9 Å². The van der Waals surface area contributed by atoms with Crippen LogP contribution in [0.3, 0.4) is 0 Å². The lowest BCUT2D eigenvalue weighted by molar-refractivity contribution is 0.0603. The first-order chi connectivity index (χ1) is 11.8. The number of H-pyrrole nitrogens is 1. The molecule has 0 atom stereocenters. The predicted molar refractivity (Wildman–Crippen MR) is 94.6 cm³/mol. The molecule has 0 unspecified atom stereocenters. The Morgan fingerprint density at radius 1 is 1.12 bits per heavy atom. The van der Waals surface area contributed by atoms with Gasteiger partial charge in [-0.05, 0) is 19.1 Å². The molecule has 3 aromatic rings. The van der Waals surface area contributed by atoms with Crippen LogP contribution in [0, 0.1) is 6.92 Å². The summed E-state index contributed by atoms with van der Waals surface area (Å²) < 4.78 is 7.07. The number of nitrogens with one attached hydrogen (secondary N) is 2. The van der Waals surface area contributed by atoms with E-state index in [1.54, 1.807) is 0 Å². The summed E-state index contributed by atoms with van der Waals surface area (Å²) in [6.45, 7) is 1.96. The molecule has 3 rings (SSSR count). The predicted octanol–water partition coefficient (Wildman–Crippen LogP) is 1.40. The maximum absolute atomic E-state index is 12.4. The van der Waals surface area contributed by atoms with Crippen LogP contribution >= 0.6 is 0 Å². The number of carbonyl (C=O) groups is 1. The van der Waals surface area contributed by atoms with Crippen molar-refractivity contribution in [3.8, 4) is 0 Å². The minimum Gasteiger partial charge on any atom is -0.465 e. The van der Waals surface area contributed by atoms with Crippen molar-refractivity contribution in [2.75, 3.05) is 12.4 Å². The van der Waals surface area contributed by atoms with Crippen molar-refractivity contribution >= 4 is 28.5 Å². The third-order valence-corrected chi connectivity index (χ3v) is 4.11. The van der Waals surface area contributed by atoms with Crippen LogP contribution < -0.4 is 16.6 Å². The molecule has 25 heavy (non-hydrogen) atoms. The Labute approximate surface area is 142 Å². The number of nitrogens with zero attached hydrogens (tertiary/aromatic N) is 2. The van der Waals surface area contributed by atoms with Gasteiger partial charge >= 0.3 is 11.7 Å². The highest BCUT2D eigenvalue weighted by Crippen LogP contribution is 2.27. The fraction of sp³-hybridized carbons (Fsp3) is 0.235. The summed E-state index contributed by atoms with van der Waals surface area (Å²) >= 11 is 0. The number of carbonyl (C=O) groups excluding carboxylic acids is 1. The Morgan fingerprint density at radius 2 is 1.76 bits per heavy atom. The Bertz CT molecular complexity index is 1090. The van der Waals surface area contributed by atoms with Gasteiger partial charge in [-0.2, -0.15) is 0 Å². The van der Waals surface area contributed by atoms with E-state index in [1.807, 2.05) is 31.2 Å². The molecule has 0 aliphatic carbocycles. The summed E-state index contributed by atoms with van der Waals surface area (Å²) in [5.41, 5.74) is 1.24. The summed E-state index contributed by atoms with van der Waals surface area (Å²) in [6, 6.07) is 7.52. The van der Waals surface area contributed by atoms with Gasteiger partial charge in [-0.3, -0.25) is 13.9 Å². The molecule has 0 saturated carbocycles. The first-order valence-corrected chi connectivity index (χ1v) is 7.58. The van der Waals surface area contributed by atoms with Gasteiger partial charge in [-0.1, -0.05) is 17.7 Å². The molecule has 0 aliphatic heterocycles. The second kappa shape index (κ2) is 5.97. The molecular weight excluding hydrogens is 324 g/mol. The molecule has 0 radical (unpaired) electrons. The Morgan fingerprint density at radius 3 is 2.36 bits per heavy atom. The molecule has 8 heteroatoms. The summed E-state index contributed by atoms with van der Waals surface area (Å²) in [4.78, 5) is 39.8. The first kappa shape index (κ1) is 16.6. The van der Waals surface area contributed by atoms with Crippen LogP contribution in [-0.4, -0.2) is 27.2 Å². The summed E-state index contributed by atoms with van der Waals surface area (Å²) in [7, 11) is 4.13. The average Bonchev–Trinajstić information content (AvgIpc) is 2.98. The average molecular weight is 342 g/mol. The SMILES string of the molecule is COC(=O)c1c(Nc2ccc(C)cc2)[nH]c2c(=O)n(C)c(=O)n(C)c12. The largest absolute Gasteiger partial charge is 0.465 e. The molecule has 8 nitrogen and oxygen atoms in total. The minimum atomic E-state index is -0.649. The van der Waals surface area contributed by atoms with Crippen molar-refractivity contribution in [1.29, 1.82) is 0 Å². The number of hydrogen-bond donors (Lipinski definition) is 2. The van der Waals surface area contributed by atoms with Gasteiger partial charge in [0.1, 0.15) is 16.9 Å². The Balaban J connectivity index is 2.31. The molecule has 0 amide bonds. The van der Waals surface area contributed by atoms with Gasteiger partial charge in [0.15, 0.2) is 0 Å². The molecule has 2 heterocycles. The number of anilines is 2. The van der Waals surface area contributed by atoms with Crippen molar-refractivity contribution in [2.24, 2.45) is 14.1 Å². The molecule has 0 fully saturated rings. The highest BCUT2D eigenvalue weighted by atomic mass is 16.5. The molecule has 0 bridgehead atoms. The lowest BCUT2D eigenvalue weighted by atomic mass is 10.2. The molecule has 0 spiro atoms. The van der Waals surface area contributed by atoms with Gasteiger partial charge in [-0.25, -0.2) is 9.59 Å². The van der Waals surface area contributed by atoms with Crippen molar-refractivity contribution in [3.05, 3.63) is 56.2 Å². The Kier molecular flexibility index (Phi) is 3.96. The molecule has 130 valence electrons. The van der Waals surface area contributed by atoms with E-state index in [0.29, 0.717) is 5.82 Å². The van der Waals surface area contributed by atoms with E-state index in [9.17, 15) is 14.4 Å². The number of benzene rings is 1. The molecule has 0 saturated heterocycles. The van der Waals surface area contributed by atoms with Crippen molar-refractivity contribution < 1.29 is 9.53 Å². The lowest BCUT2D eigenvalue weighted by Gasteiger charge is -2.08. The molecule has 1 aromatic carbocycles. The number of esters is 1. The molecule has 2 aromatic heterocycles. The van der Waals surface area contributed by atoms with Gasteiger partial charge in [0.05, 0.1) is 12.6 Å². The van der Waals surface area contributed by atoms with Crippen LogP contribution in [0.25, 0.3) is 11.0 Å². The number of aryl methyl sites for hydroxylation is 2. The molecule has 0 aliphatic rings. The van der Waals surface area contributed by atoms with Crippen molar-refractivity contribution in [3.63, 3.8) is 0 Å². The van der Waals surface area contributed by atoms with E-state index >= 15 is 0 Å². The van der Waals surface area contributed by atoms with Crippen LogP contribution in [-0.2, 0) is 18.8 Å². The first-order valence-electron chi connectivity index (χ1n) is 7.58. The van der Waals surface area contributed by atoms with E-state index in [0.717, 1.165) is 15.8 Å². The maximum atomic E-state index is 12.4. The van der Waals surface area contributed by atoms with Gasteiger partial charge < -0.3 is 15.0 Å². The number of aromatic amines is 1. The number of ether oxygens (including phenoxy) is 1. The zero-order chi connectivity index (χ0) is 18.3. The third kappa shape index (κ3) is 2.61. The van der Waals surface area contributed by atoms with Crippen LogP contribution in [0.5, 0.6) is 0 Å². The smallest absolute Gasteiger partial charge is 0.343 e. The second-order valence-electron chi connectivity index (χ2n) is 5.79. The highest BCUT2D eigenvalue weighted by molar-refractivity contribution is 6.08. The maximum Gasteiger partial charge on any atom is 0.343 e. The monoisotopic (exact) mass is 342 g/mol. The topological polar surface area (TPSA) is 98.1 Å². The van der Waals surface area contributed by atoms with E-state index < -0.39 is 17.2 Å². The van der Waals surface area contributed by atoms with Gasteiger partial charge in [-0.15, -0.1) is 0 Å². The van der Waals surface area contributed by atoms with E-state index in [4.69, 9.17) is 4.74 Å². The number of aromatic nitrogens is 3. The van der Waals surface area contributed by atoms with Gasteiger partial charge in [0, 0.05) is 19.8 Å². The number of rotatable bonds is 3. The zero-order valence-corrected chi connectivity index (χ0v) is 14.3. The van der Waals surface area contributed by atoms with Crippen LogP contribution in [0.1, 0.15) is 15.9 Å². The fourth-order valence-corrected chi connectivity index (χ4v) is 2.73. The van der Waals surface area contributed by atoms with Gasteiger partial charge in [0.2, 0.25) is 0 Å². The van der Waals surface area contributed by atoms with Crippen LogP contribution in [0.2, 0.25) is 0 Å². The standard InChI is InChI=1S/C17H18N4O4/c1-9-5-7-10(8-6-9)18-14-11(16(23)25-4)13-12(19-14)15(22)21(3)17(24)20(13)2/h5-8,18-19H,1-4H3. The lowest BCUT2D eigenvalue weighted by Crippen LogP contribution is -2.37. The van der Waals surface area contributed by atoms with E-state index in [-0.39, 0.29) is 16.6 Å². The normalized spacial score (nSPS) is 10.9. The highest BCUT2D eigenvalue weighted by Gasteiger charge is 2.24. The van der Waals surface area contributed by atoms with Crippen molar-refractivity contribution in [2.45, 2.75) is 6.92 Å². The number of methoxy groups -OCH3 is 1. The van der Waals surface area contributed by atoms with Crippen LogP contribution in [0.4, 0.5) is 11.5 Å². The molecule has 2 N–H and O–H groups in total. The quantitative estimate of drug-likeness (QED) is 0.701. The van der Waals surface area contributed by atoms with E-state index in [1.165, 1.54) is 25.8 Å². The van der Waals surface area contributed by atoms with Crippen molar-refractivity contribution in [1.82, 2.24) is 14.1 Å². The number of fused-ring (bicyclic) bond motifs is 1. The molecular formula is C17H18N4O4. The third-order valence-electron chi connectivity index (χ3n) is 4.11. The summed E-state index contributed by atoms with van der Waals surface area (Å²) in [5, 5.41) is 3.08. The minimum absolute atomic E-state index is 0.107. The fourth-order valence-electron chi connectivity index (χ4n) is 2.73. The van der Waals surface area contributed by atoms with E-state index in [2.05, 4.69) is 10.3 Å². The zero-order valence-electron chi connectivity index (χ0n) is 14.3. The van der Waals surface area contributed by atoms with Gasteiger partial charge in [0.25, 0.3) is 5.56 Å². The second-order valence-corrected chi connectivity index (χ2v) is 5.79.